The average Bonchev–Trinajstić information content (AvgIpc) is 3.24. The number of aromatic nitrogens is 2. The van der Waals surface area contributed by atoms with Crippen LogP contribution in [0.15, 0.2) is 21.2 Å². The number of rotatable bonds is 8. The van der Waals surface area contributed by atoms with Gasteiger partial charge in [-0.3, -0.25) is 14.6 Å². The van der Waals surface area contributed by atoms with Gasteiger partial charge in [0, 0.05) is 38.3 Å². The molecule has 0 saturated carbocycles. The Labute approximate surface area is 159 Å². The highest BCUT2D eigenvalue weighted by molar-refractivity contribution is 5.94. The molecule has 3 rings (SSSR count). The van der Waals surface area contributed by atoms with E-state index in [0.717, 1.165) is 63.4 Å². The minimum atomic E-state index is -0.142. The molecule has 1 aliphatic rings. The maximum absolute atomic E-state index is 12.8. The van der Waals surface area contributed by atoms with E-state index in [4.69, 9.17) is 9.05 Å². The fraction of sp³-hybridized carbons (Fsp3) is 0.632. The van der Waals surface area contributed by atoms with Gasteiger partial charge in [0.1, 0.15) is 5.76 Å². The van der Waals surface area contributed by atoms with Crippen LogP contribution in [-0.2, 0) is 11.3 Å². The summed E-state index contributed by atoms with van der Waals surface area (Å²) in [4.78, 5) is 17.4. The maximum Gasteiger partial charge on any atom is 0.242 e. The third-order valence-corrected chi connectivity index (χ3v) is 4.92. The molecule has 1 fully saturated rings. The second-order valence-corrected chi connectivity index (χ2v) is 7.22. The monoisotopic (exact) mass is 375 g/mol. The molecule has 0 spiro atoms. The van der Waals surface area contributed by atoms with Crippen molar-refractivity contribution in [3.05, 3.63) is 29.3 Å². The second kappa shape index (κ2) is 9.14. The quantitative estimate of drug-likeness (QED) is 0.759. The first-order chi connectivity index (χ1) is 13.0. The highest BCUT2D eigenvalue weighted by Gasteiger charge is 2.29. The Bertz CT molecular complexity index is 733. The number of unbranched alkanes of at least 4 members (excludes halogenated alkanes) is 1. The lowest BCUT2D eigenvalue weighted by molar-refractivity contribution is -0.122. The summed E-state index contributed by atoms with van der Waals surface area (Å²) in [5, 5.41) is 10.7. The van der Waals surface area contributed by atoms with E-state index in [2.05, 4.69) is 32.4 Å². The highest BCUT2D eigenvalue weighted by atomic mass is 16.5. The van der Waals surface area contributed by atoms with Crippen LogP contribution in [0.2, 0.25) is 0 Å². The van der Waals surface area contributed by atoms with Gasteiger partial charge in [-0.25, -0.2) is 0 Å². The first kappa shape index (κ1) is 19.6. The van der Waals surface area contributed by atoms with Crippen LogP contribution in [-0.4, -0.2) is 58.2 Å². The normalized spacial score (nSPS) is 17.1. The zero-order chi connectivity index (χ0) is 19.2. The topological polar surface area (TPSA) is 87.6 Å². The molecular weight excluding hydrogens is 346 g/mol. The van der Waals surface area contributed by atoms with Crippen molar-refractivity contribution in [3.63, 3.8) is 0 Å². The van der Waals surface area contributed by atoms with Crippen molar-refractivity contribution in [2.24, 2.45) is 0 Å². The van der Waals surface area contributed by atoms with Crippen LogP contribution in [0.4, 0.5) is 5.82 Å². The van der Waals surface area contributed by atoms with Gasteiger partial charge in [0.2, 0.25) is 5.91 Å². The fourth-order valence-electron chi connectivity index (χ4n) is 3.46. The van der Waals surface area contributed by atoms with E-state index >= 15 is 0 Å². The second-order valence-electron chi connectivity index (χ2n) is 7.22. The summed E-state index contributed by atoms with van der Waals surface area (Å²) in [5.74, 6) is 2.06. The number of carbonyl (C=O) groups is 1. The number of nitrogens with one attached hydrogen (secondary N) is 1. The summed E-state index contributed by atoms with van der Waals surface area (Å²) in [6, 6.07) is 3.58. The molecule has 1 aliphatic heterocycles. The Morgan fingerprint density at radius 3 is 2.56 bits per heavy atom. The van der Waals surface area contributed by atoms with Crippen LogP contribution in [0.1, 0.15) is 43.4 Å². The van der Waals surface area contributed by atoms with Gasteiger partial charge in [0.15, 0.2) is 11.6 Å². The largest absolute Gasteiger partial charge is 0.360 e. The molecule has 148 valence electrons. The molecule has 1 saturated heterocycles. The molecule has 8 heteroatoms. The van der Waals surface area contributed by atoms with Crippen LogP contribution < -0.4 is 5.32 Å². The minimum Gasteiger partial charge on any atom is -0.360 e. The van der Waals surface area contributed by atoms with Crippen molar-refractivity contribution >= 4 is 11.7 Å². The Kier molecular flexibility index (Phi) is 6.63. The van der Waals surface area contributed by atoms with Crippen LogP contribution in [0.25, 0.3) is 0 Å². The van der Waals surface area contributed by atoms with E-state index in [9.17, 15) is 4.79 Å². The molecule has 0 bridgehead atoms. The van der Waals surface area contributed by atoms with E-state index in [1.807, 2.05) is 19.9 Å². The predicted molar refractivity (Wildman–Crippen MR) is 101 cm³/mol. The van der Waals surface area contributed by atoms with Gasteiger partial charge in [0.05, 0.1) is 18.3 Å². The molecule has 1 N–H and O–H groups in total. The van der Waals surface area contributed by atoms with Crippen molar-refractivity contribution in [1.82, 2.24) is 20.1 Å². The minimum absolute atomic E-state index is 0.00365. The van der Waals surface area contributed by atoms with E-state index in [1.165, 1.54) is 0 Å². The first-order valence-corrected chi connectivity index (χ1v) is 9.68. The van der Waals surface area contributed by atoms with E-state index in [0.29, 0.717) is 11.6 Å². The van der Waals surface area contributed by atoms with Gasteiger partial charge in [-0.15, -0.1) is 0 Å². The summed E-state index contributed by atoms with van der Waals surface area (Å²) in [6.45, 7) is 10.2. The van der Waals surface area contributed by atoms with E-state index in [1.54, 1.807) is 6.07 Å². The molecule has 2 aromatic rings. The summed E-state index contributed by atoms with van der Waals surface area (Å²) >= 11 is 0. The summed E-state index contributed by atoms with van der Waals surface area (Å²) < 4.78 is 10.4. The number of hydrogen-bond acceptors (Lipinski definition) is 7. The van der Waals surface area contributed by atoms with Crippen molar-refractivity contribution in [2.45, 2.75) is 52.6 Å². The number of amides is 1. The van der Waals surface area contributed by atoms with E-state index < -0.39 is 0 Å². The number of aryl methyl sites for hydroxylation is 2. The Balaban J connectivity index is 1.56. The van der Waals surface area contributed by atoms with Crippen LogP contribution in [0, 0.1) is 13.8 Å². The number of nitrogens with zero attached hydrogens (tertiary/aromatic N) is 4. The number of carbonyl (C=O) groups excluding carboxylic acids is 1. The van der Waals surface area contributed by atoms with Crippen molar-refractivity contribution in [3.8, 4) is 0 Å². The molecule has 1 atom stereocenters. The fourth-order valence-corrected chi connectivity index (χ4v) is 3.46. The van der Waals surface area contributed by atoms with Crippen molar-refractivity contribution in [1.29, 1.82) is 0 Å². The zero-order valence-electron chi connectivity index (χ0n) is 16.4. The first-order valence-electron chi connectivity index (χ1n) is 9.68. The highest BCUT2D eigenvalue weighted by Crippen LogP contribution is 2.17. The number of anilines is 1. The van der Waals surface area contributed by atoms with Crippen LogP contribution >= 0.6 is 0 Å². The Hall–Kier alpha value is -2.19. The summed E-state index contributed by atoms with van der Waals surface area (Å²) in [6.07, 6.45) is 2.94. The smallest absolute Gasteiger partial charge is 0.242 e. The average molecular weight is 375 g/mol. The van der Waals surface area contributed by atoms with Gasteiger partial charge >= 0.3 is 0 Å². The van der Waals surface area contributed by atoms with Crippen molar-refractivity contribution in [2.75, 3.05) is 31.5 Å². The van der Waals surface area contributed by atoms with E-state index in [-0.39, 0.29) is 11.9 Å². The lowest BCUT2D eigenvalue weighted by Crippen LogP contribution is -2.53. The zero-order valence-corrected chi connectivity index (χ0v) is 16.4. The SMILES string of the molecule is CCCC[C@H](C(=O)Nc1cc(C)on1)N1CCN(Cc2cc(C)no2)CC1. The molecule has 1 amide bonds. The molecule has 0 unspecified atom stereocenters. The number of hydrogen-bond donors (Lipinski definition) is 1. The molecule has 3 heterocycles. The summed E-state index contributed by atoms with van der Waals surface area (Å²) in [5.41, 5.74) is 0.906. The number of piperazine rings is 1. The molecular formula is C19H29N5O3. The molecule has 8 nitrogen and oxygen atoms in total. The van der Waals surface area contributed by atoms with Crippen molar-refractivity contribution < 1.29 is 13.8 Å². The molecule has 0 radical (unpaired) electrons. The molecule has 27 heavy (non-hydrogen) atoms. The third kappa shape index (κ3) is 5.40. The molecule has 0 aromatic carbocycles. The predicted octanol–water partition coefficient (Wildman–Crippen LogP) is 2.59. The van der Waals surface area contributed by atoms with Crippen LogP contribution in [0.3, 0.4) is 0 Å². The Morgan fingerprint density at radius 1 is 1.19 bits per heavy atom. The molecule has 2 aromatic heterocycles. The lowest BCUT2D eigenvalue weighted by Gasteiger charge is -2.38. The lowest BCUT2D eigenvalue weighted by atomic mass is 10.1. The maximum atomic E-state index is 12.8. The molecule has 0 aliphatic carbocycles. The van der Waals surface area contributed by atoms with Gasteiger partial charge in [-0.1, -0.05) is 30.1 Å². The van der Waals surface area contributed by atoms with Crippen LogP contribution in [0.5, 0.6) is 0 Å². The standard InChI is InChI=1S/C19H29N5O3/c1-4-5-6-17(19(25)20-18-12-15(3)26-22-18)24-9-7-23(8-10-24)13-16-11-14(2)21-27-16/h11-12,17H,4-10,13H2,1-3H3,(H,20,22,25)/t17-/m1/s1. The third-order valence-electron chi connectivity index (χ3n) is 4.92. The van der Waals surface area contributed by atoms with Gasteiger partial charge < -0.3 is 14.4 Å². The van der Waals surface area contributed by atoms with Gasteiger partial charge in [-0.2, -0.15) is 0 Å². The summed E-state index contributed by atoms with van der Waals surface area (Å²) in [7, 11) is 0. The van der Waals surface area contributed by atoms with Gasteiger partial charge in [-0.05, 0) is 20.3 Å². The Morgan fingerprint density at radius 2 is 1.96 bits per heavy atom. The van der Waals surface area contributed by atoms with Gasteiger partial charge in [0.25, 0.3) is 0 Å².